The first-order chi connectivity index (χ1) is 14.1. The molecule has 0 saturated carbocycles. The Morgan fingerprint density at radius 1 is 1.00 bits per heavy atom. The molecule has 6 heteroatoms. The molecule has 4 nitrogen and oxygen atoms in total. The fraction of sp³-hybridized carbons (Fsp3) is 0.435. The summed E-state index contributed by atoms with van der Waals surface area (Å²) in [7, 11) is 0. The van der Waals surface area contributed by atoms with Gasteiger partial charge in [-0.3, -0.25) is 4.79 Å². The Balaban J connectivity index is 1.26. The predicted octanol–water partition coefficient (Wildman–Crippen LogP) is 2.62. The van der Waals surface area contributed by atoms with Crippen molar-refractivity contribution in [1.29, 1.82) is 0 Å². The van der Waals surface area contributed by atoms with Crippen molar-refractivity contribution < 1.29 is 14.1 Å². The van der Waals surface area contributed by atoms with Crippen molar-refractivity contribution in [3.05, 3.63) is 64.9 Å². The van der Waals surface area contributed by atoms with Gasteiger partial charge in [-0.2, -0.15) is 0 Å². The minimum atomic E-state index is -0.193. The van der Waals surface area contributed by atoms with Gasteiger partial charge in [-0.15, -0.1) is 0 Å². The second-order valence-electron chi connectivity index (χ2n) is 8.06. The van der Waals surface area contributed by atoms with E-state index in [1.165, 1.54) is 16.5 Å². The van der Waals surface area contributed by atoms with Crippen molar-refractivity contribution in [3.8, 4) is 0 Å². The molecule has 1 N–H and O–H groups in total. The Morgan fingerprint density at radius 2 is 1.66 bits per heavy atom. The number of nitrogens with zero attached hydrogens (tertiary/aromatic N) is 2. The van der Waals surface area contributed by atoms with Crippen LogP contribution in [0.25, 0.3) is 0 Å². The van der Waals surface area contributed by atoms with Crippen molar-refractivity contribution in [1.82, 2.24) is 4.90 Å². The molecule has 0 spiro atoms. The molecule has 0 atom stereocenters. The summed E-state index contributed by atoms with van der Waals surface area (Å²) in [6, 6.07) is 14.9. The molecule has 2 heterocycles. The normalized spacial score (nSPS) is 22.6. The van der Waals surface area contributed by atoms with E-state index < -0.39 is 0 Å². The van der Waals surface area contributed by atoms with E-state index in [2.05, 4.69) is 6.07 Å². The number of halogens is 2. The third-order valence-corrected chi connectivity index (χ3v) is 6.59. The number of carbonyl (C=O) groups is 1. The molecule has 2 fully saturated rings. The molecule has 0 aliphatic carbocycles. The van der Waals surface area contributed by atoms with Crippen molar-refractivity contribution >= 4 is 23.2 Å². The van der Waals surface area contributed by atoms with Gasteiger partial charge in [-0.05, 0) is 18.2 Å². The number of hydrogen-bond donors (Lipinski definition) is 1. The highest BCUT2D eigenvalue weighted by Gasteiger charge is 2.32. The highest BCUT2D eigenvalue weighted by Crippen LogP contribution is 2.22. The van der Waals surface area contributed by atoms with Gasteiger partial charge in [-0.25, -0.2) is 4.39 Å². The number of quaternary nitrogens is 1. The van der Waals surface area contributed by atoms with Gasteiger partial charge >= 0.3 is 0 Å². The van der Waals surface area contributed by atoms with Gasteiger partial charge in [0.2, 0.25) is 5.91 Å². The van der Waals surface area contributed by atoms with E-state index in [4.69, 9.17) is 11.6 Å². The molecule has 0 aromatic heterocycles. The summed E-state index contributed by atoms with van der Waals surface area (Å²) >= 11 is 6.29. The van der Waals surface area contributed by atoms with Gasteiger partial charge in [0.1, 0.15) is 12.4 Å². The van der Waals surface area contributed by atoms with Crippen LogP contribution in [0.3, 0.4) is 0 Å². The fourth-order valence-corrected chi connectivity index (χ4v) is 4.70. The Morgan fingerprint density at radius 3 is 2.34 bits per heavy atom. The van der Waals surface area contributed by atoms with Crippen LogP contribution in [0.15, 0.2) is 48.5 Å². The number of piperazine rings is 1. The Hall–Kier alpha value is -2.11. The molecule has 2 aromatic rings. The molecule has 1 amide bonds. The maximum Gasteiger partial charge on any atom is 0.226 e. The molecule has 0 unspecified atom stereocenters. The summed E-state index contributed by atoms with van der Waals surface area (Å²) in [6.07, 6.45) is 1.85. The Kier molecular flexibility index (Phi) is 6.36. The number of benzene rings is 2. The van der Waals surface area contributed by atoms with Gasteiger partial charge in [0.25, 0.3) is 0 Å². The van der Waals surface area contributed by atoms with E-state index in [1.54, 1.807) is 6.07 Å². The average molecular weight is 417 g/mol. The van der Waals surface area contributed by atoms with Crippen LogP contribution in [-0.4, -0.2) is 50.1 Å². The monoisotopic (exact) mass is 416 g/mol. The number of piperidine rings is 1. The largest absolute Gasteiger partial charge is 0.366 e. The summed E-state index contributed by atoms with van der Waals surface area (Å²) in [5, 5.41) is 0.825. The number of carbonyl (C=O) groups excluding carboxylic acids is 1. The maximum absolute atomic E-state index is 14.0. The van der Waals surface area contributed by atoms with E-state index in [9.17, 15) is 9.18 Å². The Labute approximate surface area is 176 Å². The smallest absolute Gasteiger partial charge is 0.226 e. The summed E-state index contributed by atoms with van der Waals surface area (Å²) in [5.74, 6) is 0.195. The zero-order valence-corrected chi connectivity index (χ0v) is 17.4. The Bertz CT molecular complexity index is 846. The van der Waals surface area contributed by atoms with Crippen molar-refractivity contribution in [3.63, 3.8) is 0 Å². The molecule has 2 aliphatic heterocycles. The first kappa shape index (κ1) is 20.2. The van der Waals surface area contributed by atoms with Crippen LogP contribution in [0.5, 0.6) is 0 Å². The molecule has 154 valence electrons. The number of anilines is 1. The van der Waals surface area contributed by atoms with Gasteiger partial charge < -0.3 is 14.7 Å². The molecule has 4 rings (SSSR count). The highest BCUT2D eigenvalue weighted by atomic mass is 35.5. The topological polar surface area (TPSA) is 28.0 Å². The third-order valence-electron chi connectivity index (χ3n) is 6.22. The van der Waals surface area contributed by atoms with Crippen LogP contribution in [0.1, 0.15) is 18.4 Å². The number of likely N-dealkylation sites (tertiary alicyclic amines) is 1. The van der Waals surface area contributed by atoms with Crippen LogP contribution in [0, 0.1) is 11.7 Å². The number of amides is 1. The lowest BCUT2D eigenvalue weighted by Crippen LogP contribution is -3.11. The van der Waals surface area contributed by atoms with Crippen LogP contribution < -0.4 is 9.80 Å². The first-order valence-corrected chi connectivity index (χ1v) is 10.8. The summed E-state index contributed by atoms with van der Waals surface area (Å²) in [5.41, 5.74) is 1.81. The standard InChI is InChI=1S/C23H27ClFN3O/c24-20-6-2-1-5-19(20)17-26-11-9-18(10-12-26)23(29)28-15-13-27(14-16-28)22-8-4-3-7-21(22)25/h1-8,18H,9-17H2/p+1. The van der Waals surface area contributed by atoms with E-state index in [-0.39, 0.29) is 17.6 Å². The van der Waals surface area contributed by atoms with Crippen molar-refractivity contribution in [2.24, 2.45) is 5.92 Å². The fourth-order valence-electron chi connectivity index (χ4n) is 4.49. The van der Waals surface area contributed by atoms with Crippen LogP contribution in [0.2, 0.25) is 5.02 Å². The number of hydrogen-bond acceptors (Lipinski definition) is 2. The summed E-state index contributed by atoms with van der Waals surface area (Å²) in [4.78, 5) is 18.5. The van der Waals surface area contributed by atoms with E-state index >= 15 is 0 Å². The van der Waals surface area contributed by atoms with Crippen LogP contribution in [0.4, 0.5) is 10.1 Å². The highest BCUT2D eigenvalue weighted by molar-refractivity contribution is 6.31. The summed E-state index contributed by atoms with van der Waals surface area (Å²) in [6.45, 7) is 5.61. The van der Waals surface area contributed by atoms with Crippen molar-refractivity contribution in [2.45, 2.75) is 19.4 Å². The molecule has 2 aliphatic rings. The lowest BCUT2D eigenvalue weighted by molar-refractivity contribution is -0.919. The molecule has 29 heavy (non-hydrogen) atoms. The van der Waals surface area contributed by atoms with Crippen LogP contribution >= 0.6 is 11.6 Å². The lowest BCUT2D eigenvalue weighted by atomic mass is 9.94. The number of nitrogens with one attached hydrogen (secondary N) is 1. The van der Waals surface area contributed by atoms with Gasteiger partial charge in [0.15, 0.2) is 0 Å². The second kappa shape index (κ2) is 9.14. The van der Waals surface area contributed by atoms with E-state index in [0.717, 1.165) is 37.5 Å². The molecule has 0 radical (unpaired) electrons. The average Bonchev–Trinajstić information content (AvgIpc) is 2.76. The minimum absolute atomic E-state index is 0.116. The van der Waals surface area contributed by atoms with E-state index in [1.807, 2.05) is 40.1 Å². The molecule has 0 bridgehead atoms. The van der Waals surface area contributed by atoms with Gasteiger partial charge in [-0.1, -0.05) is 41.9 Å². The number of para-hydroxylation sites is 1. The zero-order chi connectivity index (χ0) is 20.2. The predicted molar refractivity (Wildman–Crippen MR) is 114 cm³/mol. The van der Waals surface area contributed by atoms with Gasteiger partial charge in [0, 0.05) is 55.5 Å². The van der Waals surface area contributed by atoms with Crippen molar-refractivity contribution in [2.75, 3.05) is 44.2 Å². The SMILES string of the molecule is O=C(C1CC[NH+](Cc2ccccc2Cl)CC1)N1CCN(c2ccccc2F)CC1. The maximum atomic E-state index is 14.0. The third kappa shape index (κ3) is 4.73. The summed E-state index contributed by atoms with van der Waals surface area (Å²) < 4.78 is 14.0. The number of rotatable bonds is 4. The molecular weight excluding hydrogens is 389 g/mol. The minimum Gasteiger partial charge on any atom is -0.366 e. The second-order valence-corrected chi connectivity index (χ2v) is 8.46. The van der Waals surface area contributed by atoms with Crippen LogP contribution in [-0.2, 0) is 11.3 Å². The molecular formula is C23H28ClFN3O+. The quantitative estimate of drug-likeness (QED) is 0.829. The lowest BCUT2D eigenvalue weighted by Gasteiger charge is -2.38. The van der Waals surface area contributed by atoms with Gasteiger partial charge in [0.05, 0.1) is 18.8 Å². The molecule has 2 aromatic carbocycles. The first-order valence-electron chi connectivity index (χ1n) is 10.5. The zero-order valence-electron chi connectivity index (χ0n) is 16.6. The molecule has 2 saturated heterocycles. The van der Waals surface area contributed by atoms with E-state index in [0.29, 0.717) is 31.9 Å².